The summed E-state index contributed by atoms with van der Waals surface area (Å²) in [6.45, 7) is 0. The van der Waals surface area contributed by atoms with E-state index in [1.165, 1.54) is 10.1 Å². The monoisotopic (exact) mass is 436 g/mol. The van der Waals surface area contributed by atoms with Crippen LogP contribution in [-0.4, -0.2) is 5.84 Å². The molecule has 1 aliphatic heterocycles. The highest BCUT2D eigenvalue weighted by Gasteiger charge is 2.32. The molecule has 1 aliphatic rings. The Morgan fingerprint density at radius 2 is 1.44 bits per heavy atom. The molecule has 2 N–H and O–H groups in total. The smallest absolute Gasteiger partial charge is 0.277 e. The highest BCUT2D eigenvalue weighted by Crippen LogP contribution is 2.33. The lowest BCUT2D eigenvalue weighted by Gasteiger charge is -2.22. The molecule has 0 aliphatic carbocycles. The van der Waals surface area contributed by atoms with Crippen molar-refractivity contribution in [2.45, 2.75) is 0 Å². The van der Waals surface area contributed by atoms with E-state index >= 15 is 0 Å². The Morgan fingerprint density at radius 1 is 0.778 bits per heavy atom. The Labute approximate surface area is 172 Å². The molecule has 0 radical (unpaired) electrons. The summed E-state index contributed by atoms with van der Waals surface area (Å²) in [6, 6.07) is 31.2. The number of nitrogens with two attached hydrogens (primary N) is 1. The van der Waals surface area contributed by atoms with E-state index in [2.05, 4.69) is 65.1 Å². The molecule has 0 unspecified atom stereocenters. The summed E-state index contributed by atoms with van der Waals surface area (Å²) in [4.78, 5) is 0. The molecule has 0 spiro atoms. The van der Waals surface area contributed by atoms with Crippen LogP contribution in [0.1, 0.15) is 5.56 Å². The summed E-state index contributed by atoms with van der Waals surface area (Å²) in [7, 11) is 0. The molecule has 5 rings (SSSR count). The van der Waals surface area contributed by atoms with Gasteiger partial charge in [0.25, 0.3) is 5.84 Å². The average molecular weight is 437 g/mol. The van der Waals surface area contributed by atoms with Crippen LogP contribution >= 0.6 is 11.3 Å². The lowest BCUT2D eigenvalue weighted by molar-refractivity contribution is -0.544. The normalized spacial score (nSPS) is 13.6. The molecule has 0 saturated heterocycles. The van der Waals surface area contributed by atoms with Gasteiger partial charge in [-0.2, -0.15) is 5.43 Å². The molecule has 3 aromatic carbocycles. The first-order valence-electron chi connectivity index (χ1n) is 8.50. The van der Waals surface area contributed by atoms with Crippen LogP contribution in [0.5, 0.6) is 0 Å². The van der Waals surface area contributed by atoms with Gasteiger partial charge in [0, 0.05) is 4.70 Å². The zero-order valence-electron chi connectivity index (χ0n) is 14.4. The van der Waals surface area contributed by atoms with Crippen LogP contribution in [0.4, 0.5) is 10.7 Å². The van der Waals surface area contributed by atoms with Gasteiger partial charge in [-0.05, 0) is 41.8 Å². The molecule has 0 saturated carbocycles. The Morgan fingerprint density at radius 3 is 2.19 bits per heavy atom. The van der Waals surface area contributed by atoms with Gasteiger partial charge in [-0.3, -0.25) is 0 Å². The van der Waals surface area contributed by atoms with Crippen molar-refractivity contribution >= 4 is 37.9 Å². The largest absolute Gasteiger partial charge is 1.00 e. The van der Waals surface area contributed by atoms with Crippen molar-refractivity contribution in [2.75, 3.05) is 10.2 Å². The molecule has 0 fully saturated rings. The molecule has 0 bridgehead atoms. The number of hydrazine groups is 1. The summed E-state index contributed by atoms with van der Waals surface area (Å²) in [5.41, 5.74) is 4.25. The topological polar surface area (TPSA) is 35.5 Å². The summed E-state index contributed by atoms with van der Waals surface area (Å²) in [5, 5.41) is 11.4. The number of benzene rings is 3. The summed E-state index contributed by atoms with van der Waals surface area (Å²) in [6.07, 6.45) is 0. The number of rotatable bonds is 3. The molecule has 4 aromatic rings. The molecule has 0 atom stereocenters. The van der Waals surface area contributed by atoms with Crippen LogP contribution in [0, 0.1) is 0 Å². The van der Waals surface area contributed by atoms with E-state index in [4.69, 9.17) is 5.10 Å². The van der Waals surface area contributed by atoms with Gasteiger partial charge in [0.1, 0.15) is 0 Å². The molecule has 1 aromatic heterocycles. The third-order valence-corrected chi connectivity index (χ3v) is 5.45. The highest BCUT2D eigenvalue weighted by atomic mass is 79.9. The van der Waals surface area contributed by atoms with Crippen molar-refractivity contribution < 1.29 is 22.4 Å². The van der Waals surface area contributed by atoms with Crippen molar-refractivity contribution in [3.63, 3.8) is 0 Å². The standard InChI is InChI=1S/C21H16N4S.BrH/c1-3-9-16(10-4-1)21-22-24(18-12-5-2-6-13-18)25(23-21)20-15-17-11-7-8-14-19(17)26-20;/h1-15H,(H,22,23);1H. The summed E-state index contributed by atoms with van der Waals surface area (Å²) < 4.78 is 1.28. The van der Waals surface area contributed by atoms with Gasteiger partial charge in [0.05, 0.1) is 11.3 Å². The number of nitrogens with zero attached hydrogens (tertiary/aromatic N) is 3. The van der Waals surface area contributed by atoms with Gasteiger partial charge in [-0.15, -0.1) is 16.5 Å². The number of hydrazone groups is 1. The van der Waals surface area contributed by atoms with Crippen LogP contribution in [0.3, 0.4) is 0 Å². The maximum Gasteiger partial charge on any atom is 0.277 e. The number of quaternary nitrogens is 1. The van der Waals surface area contributed by atoms with E-state index < -0.39 is 0 Å². The highest BCUT2D eigenvalue weighted by molar-refractivity contribution is 7.22. The number of fused-ring (bicyclic) bond motifs is 1. The quantitative estimate of drug-likeness (QED) is 0.486. The van der Waals surface area contributed by atoms with Gasteiger partial charge in [-0.1, -0.05) is 64.8 Å². The SMILES string of the molecule is [Br-].c1ccc(C2=NN(c3ccccc3)N(c3cc4ccccc4s3)[NH2+]2)cc1. The Balaban J connectivity index is 0.00000180. The molecule has 27 heavy (non-hydrogen) atoms. The number of anilines is 2. The molecule has 6 heteroatoms. The number of amidine groups is 1. The second-order valence-electron chi connectivity index (χ2n) is 6.07. The first kappa shape index (κ1) is 17.7. The average Bonchev–Trinajstić information content (AvgIpc) is 3.33. The van der Waals surface area contributed by atoms with Crippen molar-refractivity contribution in [3.8, 4) is 0 Å². The van der Waals surface area contributed by atoms with Crippen LogP contribution in [0.25, 0.3) is 10.1 Å². The van der Waals surface area contributed by atoms with Crippen LogP contribution in [-0.2, 0) is 0 Å². The second-order valence-corrected chi connectivity index (χ2v) is 7.13. The fourth-order valence-electron chi connectivity index (χ4n) is 3.07. The second kappa shape index (κ2) is 7.52. The minimum atomic E-state index is 0. The fraction of sp³-hybridized carbons (Fsp3) is 0. The predicted molar refractivity (Wildman–Crippen MR) is 108 cm³/mol. The van der Waals surface area contributed by atoms with E-state index in [-0.39, 0.29) is 17.0 Å². The van der Waals surface area contributed by atoms with Gasteiger partial charge in [-0.25, -0.2) is 0 Å². The molecule has 134 valence electrons. The van der Waals surface area contributed by atoms with E-state index in [1.807, 2.05) is 41.5 Å². The van der Waals surface area contributed by atoms with E-state index in [0.717, 1.165) is 22.1 Å². The first-order valence-corrected chi connectivity index (χ1v) is 9.32. The fourth-order valence-corrected chi connectivity index (χ4v) is 4.10. The minimum absolute atomic E-state index is 0. The summed E-state index contributed by atoms with van der Waals surface area (Å²) in [5.74, 6) is 0.951. The minimum Gasteiger partial charge on any atom is -1.00 e. The zero-order valence-corrected chi connectivity index (χ0v) is 16.8. The van der Waals surface area contributed by atoms with E-state index in [1.54, 1.807) is 11.3 Å². The van der Waals surface area contributed by atoms with E-state index in [9.17, 15) is 0 Å². The van der Waals surface area contributed by atoms with Crippen molar-refractivity contribution in [3.05, 3.63) is 96.6 Å². The Kier molecular flexibility index (Phi) is 4.94. The van der Waals surface area contributed by atoms with Crippen LogP contribution < -0.4 is 32.6 Å². The third kappa shape index (κ3) is 3.35. The first-order chi connectivity index (χ1) is 12.9. The van der Waals surface area contributed by atoms with Gasteiger partial charge in [0.15, 0.2) is 5.00 Å². The van der Waals surface area contributed by atoms with Crippen molar-refractivity contribution in [2.24, 2.45) is 5.10 Å². The number of hydrogen-bond acceptors (Lipinski definition) is 4. The maximum absolute atomic E-state index is 4.88. The molecule has 4 nitrogen and oxygen atoms in total. The van der Waals surface area contributed by atoms with Gasteiger partial charge in [0.2, 0.25) is 0 Å². The molecule has 0 amide bonds. The number of hydrogen-bond donors (Lipinski definition) is 1. The number of thiophene rings is 1. The van der Waals surface area contributed by atoms with E-state index in [0.29, 0.717) is 0 Å². The lowest BCUT2D eigenvalue weighted by atomic mass is 10.2. The summed E-state index contributed by atoms with van der Waals surface area (Å²) >= 11 is 1.77. The number of para-hydroxylation sites is 1. The third-order valence-electron chi connectivity index (χ3n) is 4.35. The van der Waals surface area contributed by atoms with Crippen molar-refractivity contribution in [1.82, 2.24) is 0 Å². The van der Waals surface area contributed by atoms with Crippen molar-refractivity contribution in [1.29, 1.82) is 0 Å². The Bertz CT molecular complexity index is 1050. The maximum atomic E-state index is 4.88. The van der Waals surface area contributed by atoms with Crippen LogP contribution in [0.15, 0.2) is 96.1 Å². The number of halogens is 1. The predicted octanol–water partition coefficient (Wildman–Crippen LogP) is 0.987. The van der Waals surface area contributed by atoms with Gasteiger partial charge < -0.3 is 17.0 Å². The zero-order chi connectivity index (χ0) is 17.3. The molecule has 2 heterocycles. The van der Waals surface area contributed by atoms with Gasteiger partial charge >= 0.3 is 0 Å². The Hall–Kier alpha value is -2.67. The lowest BCUT2D eigenvalue weighted by Crippen LogP contribution is -3.00. The molecular formula is C21H17BrN4S. The van der Waals surface area contributed by atoms with Crippen LogP contribution in [0.2, 0.25) is 0 Å². The molecular weight excluding hydrogens is 420 g/mol.